The summed E-state index contributed by atoms with van der Waals surface area (Å²) >= 11 is 0. The summed E-state index contributed by atoms with van der Waals surface area (Å²) < 4.78 is 13.5. The first-order valence-electron chi connectivity index (χ1n) is 3.93. The summed E-state index contributed by atoms with van der Waals surface area (Å²) in [5, 5.41) is 0. The van der Waals surface area contributed by atoms with Gasteiger partial charge in [-0.15, -0.1) is 0 Å². The standard InChI is InChI=1S/C8H14FNO/c1-7(11)8(9)3-5-10(2)6-4-8/h3-6H2,1-2H3. The quantitative estimate of drug-likeness (QED) is 0.569. The highest BCUT2D eigenvalue weighted by molar-refractivity contribution is 5.84. The van der Waals surface area contributed by atoms with Gasteiger partial charge in [0.15, 0.2) is 11.5 Å². The van der Waals surface area contributed by atoms with Crippen LogP contribution >= 0.6 is 0 Å². The van der Waals surface area contributed by atoms with Gasteiger partial charge >= 0.3 is 0 Å². The van der Waals surface area contributed by atoms with Crippen LogP contribution < -0.4 is 0 Å². The molecule has 2 nitrogen and oxygen atoms in total. The Morgan fingerprint density at radius 1 is 1.45 bits per heavy atom. The van der Waals surface area contributed by atoms with Crippen molar-refractivity contribution in [3.05, 3.63) is 0 Å². The Balaban J connectivity index is 2.55. The van der Waals surface area contributed by atoms with E-state index in [1.54, 1.807) is 0 Å². The summed E-state index contributed by atoms with van der Waals surface area (Å²) in [6.45, 7) is 2.72. The van der Waals surface area contributed by atoms with Crippen molar-refractivity contribution in [2.75, 3.05) is 20.1 Å². The number of ketones is 1. The SMILES string of the molecule is CC(=O)C1(F)CCN(C)CC1. The highest BCUT2D eigenvalue weighted by Crippen LogP contribution is 2.26. The van der Waals surface area contributed by atoms with E-state index in [-0.39, 0.29) is 5.78 Å². The Hall–Kier alpha value is -0.440. The number of rotatable bonds is 1. The summed E-state index contributed by atoms with van der Waals surface area (Å²) in [6, 6.07) is 0. The summed E-state index contributed by atoms with van der Waals surface area (Å²) in [5.41, 5.74) is -1.52. The van der Waals surface area contributed by atoms with Crippen LogP contribution in [-0.2, 0) is 4.79 Å². The minimum absolute atomic E-state index is 0.314. The van der Waals surface area contributed by atoms with E-state index in [9.17, 15) is 9.18 Å². The van der Waals surface area contributed by atoms with Gasteiger partial charge in [0.1, 0.15) is 0 Å². The normalized spacial score (nSPS) is 25.0. The molecule has 0 amide bonds. The van der Waals surface area contributed by atoms with Gasteiger partial charge in [-0.05, 0) is 14.0 Å². The van der Waals surface area contributed by atoms with E-state index in [0.717, 1.165) is 0 Å². The van der Waals surface area contributed by atoms with Crippen LogP contribution in [0.5, 0.6) is 0 Å². The van der Waals surface area contributed by atoms with E-state index in [1.807, 2.05) is 11.9 Å². The van der Waals surface area contributed by atoms with E-state index in [0.29, 0.717) is 25.9 Å². The smallest absolute Gasteiger partial charge is 0.170 e. The number of nitrogens with zero attached hydrogens (tertiary/aromatic N) is 1. The first-order valence-corrected chi connectivity index (χ1v) is 3.93. The van der Waals surface area contributed by atoms with Gasteiger partial charge in [-0.25, -0.2) is 4.39 Å². The van der Waals surface area contributed by atoms with Crippen LogP contribution in [0.15, 0.2) is 0 Å². The molecule has 1 rings (SSSR count). The molecule has 0 N–H and O–H groups in total. The molecule has 64 valence electrons. The van der Waals surface area contributed by atoms with Crippen LogP contribution in [0.1, 0.15) is 19.8 Å². The minimum atomic E-state index is -1.52. The van der Waals surface area contributed by atoms with Crippen LogP contribution in [0.2, 0.25) is 0 Å². The van der Waals surface area contributed by atoms with Gasteiger partial charge in [-0.3, -0.25) is 4.79 Å². The molecule has 0 aromatic heterocycles. The van der Waals surface area contributed by atoms with Crippen LogP contribution in [0.4, 0.5) is 4.39 Å². The topological polar surface area (TPSA) is 20.3 Å². The zero-order valence-electron chi connectivity index (χ0n) is 7.06. The zero-order chi connectivity index (χ0) is 8.48. The number of halogens is 1. The van der Waals surface area contributed by atoms with E-state index >= 15 is 0 Å². The molecule has 3 heteroatoms. The predicted octanol–water partition coefficient (Wildman–Crippen LogP) is 1.01. The van der Waals surface area contributed by atoms with Crippen molar-refractivity contribution in [2.24, 2.45) is 0 Å². The summed E-state index contributed by atoms with van der Waals surface area (Å²) in [6.07, 6.45) is 0.720. The molecule has 0 bridgehead atoms. The third-order valence-corrected chi connectivity index (χ3v) is 2.41. The van der Waals surface area contributed by atoms with Gasteiger partial charge in [0.05, 0.1) is 0 Å². The average Bonchev–Trinajstić information content (AvgIpc) is 1.95. The molecule has 0 unspecified atom stereocenters. The Kier molecular flexibility index (Phi) is 2.28. The summed E-state index contributed by atoms with van der Waals surface area (Å²) in [7, 11) is 1.94. The molecular formula is C8H14FNO. The largest absolute Gasteiger partial charge is 0.306 e. The van der Waals surface area contributed by atoms with E-state index in [4.69, 9.17) is 0 Å². The minimum Gasteiger partial charge on any atom is -0.306 e. The van der Waals surface area contributed by atoms with Crippen molar-refractivity contribution in [3.8, 4) is 0 Å². The van der Waals surface area contributed by atoms with Gasteiger partial charge in [0, 0.05) is 25.9 Å². The second kappa shape index (κ2) is 2.89. The number of alkyl halides is 1. The van der Waals surface area contributed by atoms with Crippen LogP contribution in [0.25, 0.3) is 0 Å². The maximum Gasteiger partial charge on any atom is 0.170 e. The number of hydrogen-bond acceptors (Lipinski definition) is 2. The molecule has 0 radical (unpaired) electrons. The molecule has 1 saturated heterocycles. The molecule has 11 heavy (non-hydrogen) atoms. The van der Waals surface area contributed by atoms with Crippen molar-refractivity contribution >= 4 is 5.78 Å². The third-order valence-electron chi connectivity index (χ3n) is 2.41. The number of likely N-dealkylation sites (tertiary alicyclic amines) is 1. The fraction of sp³-hybridized carbons (Fsp3) is 0.875. The second-order valence-electron chi connectivity index (χ2n) is 3.32. The lowest BCUT2D eigenvalue weighted by molar-refractivity contribution is -0.131. The highest BCUT2D eigenvalue weighted by atomic mass is 19.1. The molecule has 0 spiro atoms. The maximum absolute atomic E-state index is 13.5. The lowest BCUT2D eigenvalue weighted by Gasteiger charge is -2.32. The second-order valence-corrected chi connectivity index (χ2v) is 3.32. The molecule has 0 aromatic rings. The van der Waals surface area contributed by atoms with Crippen molar-refractivity contribution < 1.29 is 9.18 Å². The summed E-state index contributed by atoms with van der Waals surface area (Å²) in [4.78, 5) is 12.9. The van der Waals surface area contributed by atoms with Crippen molar-refractivity contribution in [1.29, 1.82) is 0 Å². The van der Waals surface area contributed by atoms with Gasteiger partial charge < -0.3 is 4.90 Å². The molecule has 1 heterocycles. The van der Waals surface area contributed by atoms with Crippen LogP contribution in [0.3, 0.4) is 0 Å². The molecule has 0 atom stereocenters. The van der Waals surface area contributed by atoms with Gasteiger partial charge in [-0.2, -0.15) is 0 Å². The number of piperidine rings is 1. The fourth-order valence-corrected chi connectivity index (χ4v) is 1.33. The lowest BCUT2D eigenvalue weighted by Crippen LogP contribution is -2.44. The number of Topliss-reactive ketones (excluding diaryl/α,β-unsaturated/α-hetero) is 1. The molecule has 0 aromatic carbocycles. The number of hydrogen-bond donors (Lipinski definition) is 0. The fourth-order valence-electron chi connectivity index (χ4n) is 1.33. The molecule has 0 aliphatic carbocycles. The maximum atomic E-state index is 13.5. The average molecular weight is 159 g/mol. The number of carbonyl (C=O) groups is 1. The van der Waals surface area contributed by atoms with E-state index < -0.39 is 5.67 Å². The van der Waals surface area contributed by atoms with E-state index in [2.05, 4.69) is 0 Å². The van der Waals surface area contributed by atoms with Gasteiger partial charge in [0.25, 0.3) is 0 Å². The highest BCUT2D eigenvalue weighted by Gasteiger charge is 2.37. The monoisotopic (exact) mass is 159 g/mol. The van der Waals surface area contributed by atoms with Crippen LogP contribution in [0, 0.1) is 0 Å². The first kappa shape index (κ1) is 8.65. The van der Waals surface area contributed by atoms with Gasteiger partial charge in [0.2, 0.25) is 0 Å². The Morgan fingerprint density at radius 3 is 2.27 bits per heavy atom. The Labute approximate surface area is 66.4 Å². The van der Waals surface area contributed by atoms with Crippen molar-refractivity contribution in [1.82, 2.24) is 4.90 Å². The van der Waals surface area contributed by atoms with Crippen molar-refractivity contribution in [3.63, 3.8) is 0 Å². The number of carbonyl (C=O) groups excluding carboxylic acids is 1. The Bertz CT molecular complexity index is 161. The van der Waals surface area contributed by atoms with Gasteiger partial charge in [-0.1, -0.05) is 0 Å². The molecule has 1 fully saturated rings. The molecule has 0 saturated carbocycles. The van der Waals surface area contributed by atoms with Crippen LogP contribution in [-0.4, -0.2) is 36.5 Å². The third kappa shape index (κ3) is 1.77. The molecule has 1 aliphatic heterocycles. The summed E-state index contributed by atoms with van der Waals surface area (Å²) in [5.74, 6) is -0.314. The molecule has 1 aliphatic rings. The zero-order valence-corrected chi connectivity index (χ0v) is 7.06. The molecular weight excluding hydrogens is 145 g/mol. The van der Waals surface area contributed by atoms with Crippen molar-refractivity contribution in [2.45, 2.75) is 25.4 Å². The predicted molar refractivity (Wildman–Crippen MR) is 41.3 cm³/mol. The Morgan fingerprint density at radius 2 is 1.91 bits per heavy atom. The lowest BCUT2D eigenvalue weighted by atomic mass is 9.90. The first-order chi connectivity index (χ1) is 5.04. The van der Waals surface area contributed by atoms with E-state index in [1.165, 1.54) is 6.92 Å².